The lowest BCUT2D eigenvalue weighted by Gasteiger charge is -2.14. The lowest BCUT2D eigenvalue weighted by molar-refractivity contribution is 0.0602. The Balaban J connectivity index is 1.80. The minimum Gasteiger partial charge on any atom is -0.465 e. The Bertz CT molecular complexity index is 816. The van der Waals surface area contributed by atoms with Gasteiger partial charge < -0.3 is 15.4 Å². The second kappa shape index (κ2) is 7.95. The van der Waals surface area contributed by atoms with Crippen LogP contribution in [-0.4, -0.2) is 35.0 Å². The molecule has 0 atom stereocenters. The summed E-state index contributed by atoms with van der Waals surface area (Å²) in [5.74, 6) is -0.451. The molecule has 7 nitrogen and oxygen atoms in total. The van der Waals surface area contributed by atoms with E-state index in [0.717, 1.165) is 12.8 Å². The second-order valence-electron chi connectivity index (χ2n) is 6.34. The Hall–Kier alpha value is -2.96. The largest absolute Gasteiger partial charge is 0.465 e. The zero-order valence-electron chi connectivity index (χ0n) is 14.9. The molecule has 1 fully saturated rings. The summed E-state index contributed by atoms with van der Waals surface area (Å²) in [6, 6.07) is 8.67. The van der Waals surface area contributed by atoms with E-state index in [1.165, 1.54) is 20.0 Å². The van der Waals surface area contributed by atoms with E-state index in [1.807, 2.05) is 6.92 Å². The maximum Gasteiger partial charge on any atom is 0.339 e. The normalized spacial score (nSPS) is 14.1. The van der Waals surface area contributed by atoms with Crippen molar-refractivity contribution >= 4 is 23.5 Å². The molecule has 0 unspecified atom stereocenters. The number of aromatic nitrogens is 2. The number of aryl methyl sites for hydroxylation is 1. The summed E-state index contributed by atoms with van der Waals surface area (Å²) < 4.78 is 4.75. The molecule has 0 spiro atoms. The summed E-state index contributed by atoms with van der Waals surface area (Å²) in [6.45, 7) is 1.82. The first-order valence-corrected chi connectivity index (χ1v) is 8.67. The van der Waals surface area contributed by atoms with Gasteiger partial charge in [-0.3, -0.25) is 4.79 Å². The topological polar surface area (TPSA) is 93.2 Å². The summed E-state index contributed by atoms with van der Waals surface area (Å²) in [5.41, 5.74) is 1.62. The molecular weight excluding hydrogens is 332 g/mol. The fourth-order valence-corrected chi connectivity index (χ4v) is 3.07. The van der Waals surface area contributed by atoms with Gasteiger partial charge in [0.15, 0.2) is 0 Å². The number of esters is 1. The number of hydrogen-bond donors (Lipinski definition) is 2. The predicted octanol–water partition coefficient (Wildman–Crippen LogP) is 3.18. The molecule has 1 aromatic heterocycles. The first-order valence-electron chi connectivity index (χ1n) is 8.67. The van der Waals surface area contributed by atoms with Crippen molar-refractivity contribution in [1.82, 2.24) is 9.97 Å². The number of ether oxygens (including phenoxy) is 1. The quantitative estimate of drug-likeness (QED) is 0.801. The number of nitrogens with one attached hydrogen (secondary N) is 2. The summed E-state index contributed by atoms with van der Waals surface area (Å²) in [6.07, 6.45) is 4.57. The van der Waals surface area contributed by atoms with Crippen LogP contribution in [0.25, 0.3) is 0 Å². The Morgan fingerprint density at radius 3 is 2.62 bits per heavy atom. The van der Waals surface area contributed by atoms with Crippen molar-refractivity contribution < 1.29 is 14.3 Å². The van der Waals surface area contributed by atoms with Crippen LogP contribution in [0, 0.1) is 6.92 Å². The molecule has 0 aliphatic heterocycles. The van der Waals surface area contributed by atoms with E-state index in [2.05, 4.69) is 20.6 Å². The highest BCUT2D eigenvalue weighted by molar-refractivity contribution is 6.07. The van der Waals surface area contributed by atoms with E-state index in [-0.39, 0.29) is 5.69 Å². The van der Waals surface area contributed by atoms with Crippen LogP contribution in [0.2, 0.25) is 0 Å². The number of amides is 1. The molecule has 0 radical (unpaired) electrons. The third-order valence-electron chi connectivity index (χ3n) is 4.36. The average Bonchev–Trinajstić information content (AvgIpc) is 3.14. The molecule has 0 bridgehead atoms. The molecule has 2 aromatic rings. The van der Waals surface area contributed by atoms with Gasteiger partial charge in [-0.1, -0.05) is 25.0 Å². The second-order valence-corrected chi connectivity index (χ2v) is 6.34. The van der Waals surface area contributed by atoms with Gasteiger partial charge in [-0.05, 0) is 38.0 Å². The van der Waals surface area contributed by atoms with Crippen molar-refractivity contribution in [3.05, 3.63) is 47.3 Å². The average molecular weight is 354 g/mol. The number of hydrogen-bond acceptors (Lipinski definition) is 6. The third-order valence-corrected chi connectivity index (χ3v) is 4.36. The van der Waals surface area contributed by atoms with Crippen LogP contribution in [0.5, 0.6) is 0 Å². The summed E-state index contributed by atoms with van der Waals surface area (Å²) in [4.78, 5) is 33.2. The van der Waals surface area contributed by atoms with Gasteiger partial charge in [0, 0.05) is 11.7 Å². The molecule has 1 aliphatic rings. The number of carbonyl (C=O) groups is 2. The van der Waals surface area contributed by atoms with Gasteiger partial charge in [-0.2, -0.15) is 0 Å². The number of rotatable bonds is 5. The summed E-state index contributed by atoms with van der Waals surface area (Å²) >= 11 is 0. The summed E-state index contributed by atoms with van der Waals surface area (Å²) in [7, 11) is 1.30. The smallest absolute Gasteiger partial charge is 0.339 e. The van der Waals surface area contributed by atoms with Crippen LogP contribution >= 0.6 is 0 Å². The Labute approximate surface area is 152 Å². The fraction of sp³-hybridized carbons (Fsp3) is 0.368. The number of anilines is 2. The van der Waals surface area contributed by atoms with E-state index in [9.17, 15) is 9.59 Å². The number of nitrogens with zero attached hydrogens (tertiary/aromatic N) is 2. The predicted molar refractivity (Wildman–Crippen MR) is 98.4 cm³/mol. The van der Waals surface area contributed by atoms with Gasteiger partial charge in [-0.15, -0.1) is 0 Å². The zero-order valence-corrected chi connectivity index (χ0v) is 14.9. The first-order chi connectivity index (χ1) is 12.6. The summed E-state index contributed by atoms with van der Waals surface area (Å²) in [5, 5.41) is 6.04. The molecule has 1 saturated carbocycles. The number of carbonyl (C=O) groups excluding carboxylic acids is 2. The lowest BCUT2D eigenvalue weighted by Crippen LogP contribution is -2.21. The van der Waals surface area contributed by atoms with E-state index < -0.39 is 11.9 Å². The van der Waals surface area contributed by atoms with Gasteiger partial charge >= 0.3 is 5.97 Å². The van der Waals surface area contributed by atoms with Crippen LogP contribution in [0.15, 0.2) is 30.3 Å². The van der Waals surface area contributed by atoms with Crippen molar-refractivity contribution in [1.29, 1.82) is 0 Å². The molecule has 2 N–H and O–H groups in total. The fourth-order valence-electron chi connectivity index (χ4n) is 3.07. The Morgan fingerprint density at radius 1 is 1.15 bits per heavy atom. The van der Waals surface area contributed by atoms with Crippen molar-refractivity contribution in [2.75, 3.05) is 17.7 Å². The Kier molecular flexibility index (Phi) is 5.46. The van der Waals surface area contributed by atoms with Crippen molar-refractivity contribution in [3.8, 4) is 0 Å². The van der Waals surface area contributed by atoms with Crippen molar-refractivity contribution in [2.45, 2.75) is 38.6 Å². The SMILES string of the molecule is COC(=O)c1ccccc1NC(=O)c1cc(C)nc(NC2CCCC2)n1. The Morgan fingerprint density at radius 2 is 1.88 bits per heavy atom. The van der Waals surface area contributed by atoms with Crippen LogP contribution in [0.1, 0.15) is 52.2 Å². The number of benzene rings is 1. The van der Waals surface area contributed by atoms with E-state index in [1.54, 1.807) is 30.3 Å². The van der Waals surface area contributed by atoms with Crippen LogP contribution in [-0.2, 0) is 4.74 Å². The molecule has 7 heteroatoms. The van der Waals surface area contributed by atoms with E-state index in [0.29, 0.717) is 28.9 Å². The van der Waals surface area contributed by atoms with Crippen molar-refractivity contribution in [3.63, 3.8) is 0 Å². The van der Waals surface area contributed by atoms with Crippen molar-refractivity contribution in [2.24, 2.45) is 0 Å². The highest BCUT2D eigenvalue weighted by Crippen LogP contribution is 2.21. The van der Waals surface area contributed by atoms with Gasteiger partial charge in [0.1, 0.15) is 5.69 Å². The maximum atomic E-state index is 12.6. The molecule has 1 aliphatic carbocycles. The van der Waals surface area contributed by atoms with Gasteiger partial charge in [-0.25, -0.2) is 14.8 Å². The molecule has 136 valence electrons. The lowest BCUT2D eigenvalue weighted by atomic mass is 10.1. The molecular formula is C19H22N4O3. The molecule has 3 rings (SSSR count). The third kappa shape index (κ3) is 4.17. The van der Waals surface area contributed by atoms with Gasteiger partial charge in [0.05, 0.1) is 18.4 Å². The molecule has 1 aromatic carbocycles. The first kappa shape index (κ1) is 17.8. The molecule has 26 heavy (non-hydrogen) atoms. The van der Waals surface area contributed by atoms with E-state index in [4.69, 9.17) is 4.74 Å². The minimum atomic E-state index is -0.511. The van der Waals surface area contributed by atoms with Crippen LogP contribution in [0.4, 0.5) is 11.6 Å². The number of methoxy groups -OCH3 is 1. The zero-order chi connectivity index (χ0) is 18.5. The van der Waals surface area contributed by atoms with Gasteiger partial charge in [0.2, 0.25) is 5.95 Å². The van der Waals surface area contributed by atoms with Crippen LogP contribution in [0.3, 0.4) is 0 Å². The monoisotopic (exact) mass is 354 g/mol. The van der Waals surface area contributed by atoms with Gasteiger partial charge in [0.25, 0.3) is 5.91 Å². The standard InChI is InChI=1S/C19H22N4O3/c1-12-11-16(23-19(20-12)21-13-7-3-4-8-13)17(24)22-15-10-6-5-9-14(15)18(25)26-2/h5-6,9-11,13H,3-4,7-8H2,1-2H3,(H,22,24)(H,20,21,23). The van der Waals surface area contributed by atoms with E-state index >= 15 is 0 Å². The van der Waals surface area contributed by atoms with Crippen LogP contribution < -0.4 is 10.6 Å². The number of para-hydroxylation sites is 1. The minimum absolute atomic E-state index is 0.248. The maximum absolute atomic E-state index is 12.6. The molecule has 1 amide bonds. The highest BCUT2D eigenvalue weighted by atomic mass is 16.5. The highest BCUT2D eigenvalue weighted by Gasteiger charge is 2.19. The molecule has 1 heterocycles. The molecule has 0 saturated heterocycles.